The molecule has 3 aromatic carbocycles. The number of ether oxygens (including phenoxy) is 1. The summed E-state index contributed by atoms with van der Waals surface area (Å²) in [7, 11) is 1.80. The predicted molar refractivity (Wildman–Crippen MR) is 139 cm³/mol. The number of sulfonamides is 1. The lowest BCUT2D eigenvalue weighted by Crippen LogP contribution is -2.34. The van der Waals surface area contributed by atoms with Crippen LogP contribution in [0.25, 0.3) is 21.9 Å². The van der Waals surface area contributed by atoms with Crippen LogP contribution in [0.1, 0.15) is 5.69 Å². The molecule has 0 saturated heterocycles. The van der Waals surface area contributed by atoms with E-state index in [1.165, 1.54) is 0 Å². The van der Waals surface area contributed by atoms with Crippen molar-refractivity contribution in [3.63, 3.8) is 0 Å². The molecule has 0 bridgehead atoms. The van der Waals surface area contributed by atoms with Crippen LogP contribution in [0.4, 0.5) is 0 Å². The van der Waals surface area contributed by atoms with E-state index in [0.717, 1.165) is 22.2 Å². The lowest BCUT2D eigenvalue weighted by Gasteiger charge is -2.23. The van der Waals surface area contributed by atoms with Crippen LogP contribution in [0, 0.1) is 0 Å². The standard InChI is InChI=1S/C27H29N3O4S/c1-29(2)19-25-26(20-10-6-4-7-11-20)24-18-21(34-3)14-15-23(24)27(31)30(25)17-16-28-35(32,33)22-12-8-5-9-13-22/h4-15,18,28H,16-17,19H2,1-3H3. The van der Waals surface area contributed by atoms with Gasteiger partial charge in [-0.25, -0.2) is 13.1 Å². The largest absolute Gasteiger partial charge is 0.497 e. The number of methoxy groups -OCH3 is 1. The molecule has 1 N–H and O–H groups in total. The molecule has 0 aliphatic carbocycles. The molecule has 8 heteroatoms. The highest BCUT2D eigenvalue weighted by atomic mass is 32.2. The van der Waals surface area contributed by atoms with E-state index >= 15 is 0 Å². The van der Waals surface area contributed by atoms with E-state index in [0.29, 0.717) is 17.7 Å². The van der Waals surface area contributed by atoms with Gasteiger partial charge in [-0.2, -0.15) is 0 Å². The lowest BCUT2D eigenvalue weighted by molar-refractivity contribution is 0.385. The molecule has 0 spiro atoms. The van der Waals surface area contributed by atoms with Crippen LogP contribution in [-0.4, -0.2) is 45.6 Å². The molecule has 0 saturated carbocycles. The van der Waals surface area contributed by atoms with Crippen LogP contribution in [0.2, 0.25) is 0 Å². The second-order valence-electron chi connectivity index (χ2n) is 8.50. The van der Waals surface area contributed by atoms with Crippen molar-refractivity contribution in [2.45, 2.75) is 18.0 Å². The maximum Gasteiger partial charge on any atom is 0.258 e. The summed E-state index contributed by atoms with van der Waals surface area (Å²) in [5, 5.41) is 1.36. The Labute approximate surface area is 205 Å². The number of benzene rings is 3. The van der Waals surface area contributed by atoms with Crippen molar-refractivity contribution in [3.05, 3.63) is 94.9 Å². The van der Waals surface area contributed by atoms with Crippen molar-refractivity contribution in [1.29, 1.82) is 0 Å². The molecule has 1 heterocycles. The summed E-state index contributed by atoms with van der Waals surface area (Å²) in [4.78, 5) is 15.9. The highest BCUT2D eigenvalue weighted by molar-refractivity contribution is 7.89. The van der Waals surface area contributed by atoms with Gasteiger partial charge >= 0.3 is 0 Å². The van der Waals surface area contributed by atoms with Gasteiger partial charge in [-0.15, -0.1) is 0 Å². The Morgan fingerprint density at radius 2 is 1.57 bits per heavy atom. The molecule has 0 fully saturated rings. The van der Waals surface area contributed by atoms with Crippen molar-refractivity contribution in [2.24, 2.45) is 0 Å². The Bertz CT molecular complexity index is 1480. The fourth-order valence-electron chi connectivity index (χ4n) is 4.20. The molecule has 0 unspecified atom stereocenters. The first-order valence-corrected chi connectivity index (χ1v) is 12.8. The Balaban J connectivity index is 1.85. The fraction of sp³-hybridized carbons (Fsp3) is 0.222. The first-order valence-electron chi connectivity index (χ1n) is 11.3. The minimum absolute atomic E-state index is 0.0768. The van der Waals surface area contributed by atoms with Crippen LogP contribution < -0.4 is 15.0 Å². The zero-order chi connectivity index (χ0) is 25.0. The van der Waals surface area contributed by atoms with Gasteiger partial charge in [0.05, 0.1) is 12.0 Å². The van der Waals surface area contributed by atoms with Gasteiger partial charge in [0.25, 0.3) is 5.56 Å². The summed E-state index contributed by atoms with van der Waals surface area (Å²) < 4.78 is 35.2. The molecular weight excluding hydrogens is 462 g/mol. The number of nitrogens with one attached hydrogen (secondary N) is 1. The van der Waals surface area contributed by atoms with Crippen molar-refractivity contribution >= 4 is 20.8 Å². The maximum absolute atomic E-state index is 13.7. The van der Waals surface area contributed by atoms with Crippen molar-refractivity contribution < 1.29 is 13.2 Å². The van der Waals surface area contributed by atoms with Crippen LogP contribution in [0.3, 0.4) is 0 Å². The first-order chi connectivity index (χ1) is 16.8. The molecule has 7 nitrogen and oxygen atoms in total. The fourth-order valence-corrected chi connectivity index (χ4v) is 5.25. The molecule has 4 rings (SSSR count). The SMILES string of the molecule is COc1ccc2c(=O)n(CCNS(=O)(=O)c3ccccc3)c(CN(C)C)c(-c3ccccc3)c2c1. The quantitative estimate of drug-likeness (QED) is 0.386. The van der Waals surface area contributed by atoms with Crippen molar-refractivity contribution in [3.8, 4) is 16.9 Å². The highest BCUT2D eigenvalue weighted by Gasteiger charge is 2.20. The van der Waals surface area contributed by atoms with Crippen molar-refractivity contribution in [1.82, 2.24) is 14.2 Å². The summed E-state index contributed by atoms with van der Waals surface area (Å²) in [5.74, 6) is 0.665. The van der Waals surface area contributed by atoms with Crippen LogP contribution in [-0.2, 0) is 23.1 Å². The Morgan fingerprint density at radius 3 is 2.20 bits per heavy atom. The van der Waals surface area contributed by atoms with Gasteiger partial charge in [0.1, 0.15) is 5.75 Å². The lowest BCUT2D eigenvalue weighted by atomic mass is 9.96. The highest BCUT2D eigenvalue weighted by Crippen LogP contribution is 2.33. The summed E-state index contributed by atoms with van der Waals surface area (Å²) >= 11 is 0. The summed E-state index contributed by atoms with van der Waals surface area (Å²) in [5.41, 5.74) is 2.55. The third kappa shape index (κ3) is 5.30. The number of hydrogen-bond acceptors (Lipinski definition) is 5. The van der Waals surface area contributed by atoms with E-state index in [9.17, 15) is 13.2 Å². The number of aromatic nitrogens is 1. The first kappa shape index (κ1) is 24.7. The zero-order valence-electron chi connectivity index (χ0n) is 20.1. The molecule has 0 atom stereocenters. The number of fused-ring (bicyclic) bond motifs is 1. The minimum Gasteiger partial charge on any atom is -0.497 e. The molecule has 0 radical (unpaired) electrons. The van der Waals surface area contributed by atoms with Crippen LogP contribution in [0.5, 0.6) is 5.75 Å². The predicted octanol–water partition coefficient (Wildman–Crippen LogP) is 3.72. The topological polar surface area (TPSA) is 80.6 Å². The third-order valence-corrected chi connectivity index (χ3v) is 7.27. The Morgan fingerprint density at radius 1 is 0.914 bits per heavy atom. The Kier molecular flexibility index (Phi) is 7.35. The monoisotopic (exact) mass is 491 g/mol. The average Bonchev–Trinajstić information content (AvgIpc) is 2.86. The van der Waals surface area contributed by atoms with Gasteiger partial charge in [0.2, 0.25) is 10.0 Å². The number of hydrogen-bond donors (Lipinski definition) is 1. The Hall–Kier alpha value is -3.46. The van der Waals surface area contributed by atoms with Gasteiger partial charge in [-0.05, 0) is 50.0 Å². The molecule has 0 aliphatic heterocycles. The molecule has 1 aromatic heterocycles. The summed E-state index contributed by atoms with van der Waals surface area (Å²) in [6.07, 6.45) is 0. The number of rotatable bonds is 9. The van der Waals surface area contributed by atoms with Gasteiger partial charge in [0.15, 0.2) is 0 Å². The van der Waals surface area contributed by atoms with Gasteiger partial charge in [0, 0.05) is 41.7 Å². The van der Waals surface area contributed by atoms with Crippen LogP contribution >= 0.6 is 0 Å². The van der Waals surface area contributed by atoms with E-state index in [-0.39, 0.29) is 23.5 Å². The van der Waals surface area contributed by atoms with Crippen molar-refractivity contribution in [2.75, 3.05) is 27.7 Å². The second-order valence-corrected chi connectivity index (χ2v) is 10.3. The molecule has 0 aliphatic rings. The molecular formula is C27H29N3O4S. The van der Waals surface area contributed by atoms with Crippen LogP contribution in [0.15, 0.2) is 88.6 Å². The van der Waals surface area contributed by atoms with E-state index < -0.39 is 10.0 Å². The second kappa shape index (κ2) is 10.4. The maximum atomic E-state index is 13.7. The molecule has 182 valence electrons. The van der Waals surface area contributed by atoms with E-state index in [2.05, 4.69) is 4.72 Å². The molecule has 0 amide bonds. The third-order valence-electron chi connectivity index (χ3n) is 5.80. The molecule has 4 aromatic rings. The van der Waals surface area contributed by atoms with Gasteiger partial charge < -0.3 is 14.2 Å². The zero-order valence-corrected chi connectivity index (χ0v) is 20.9. The van der Waals surface area contributed by atoms with E-state index in [1.807, 2.05) is 55.4 Å². The minimum atomic E-state index is -3.69. The summed E-state index contributed by atoms with van der Waals surface area (Å²) in [6.45, 7) is 0.765. The smallest absolute Gasteiger partial charge is 0.258 e. The van der Waals surface area contributed by atoms with Gasteiger partial charge in [-0.3, -0.25) is 4.79 Å². The normalized spacial score (nSPS) is 11.8. The number of nitrogens with zero attached hydrogens (tertiary/aromatic N) is 2. The van der Waals surface area contributed by atoms with Gasteiger partial charge in [-0.1, -0.05) is 48.5 Å². The average molecular weight is 492 g/mol. The van der Waals surface area contributed by atoms with E-state index in [1.54, 1.807) is 54.1 Å². The number of pyridine rings is 1. The summed E-state index contributed by atoms with van der Waals surface area (Å²) in [6, 6.07) is 23.5. The molecule has 35 heavy (non-hydrogen) atoms. The van der Waals surface area contributed by atoms with E-state index in [4.69, 9.17) is 4.74 Å².